The Morgan fingerprint density at radius 2 is 2.11 bits per heavy atom. The zero-order valence-electron chi connectivity index (χ0n) is 10.9. The van der Waals surface area contributed by atoms with Crippen molar-refractivity contribution >= 4 is 23.2 Å². The molecule has 1 aromatic rings. The average Bonchev–Trinajstić information content (AvgIpc) is 2.32. The second kappa shape index (κ2) is 6.25. The highest BCUT2D eigenvalue weighted by molar-refractivity contribution is 6.35. The van der Waals surface area contributed by atoms with Gasteiger partial charge in [-0.1, -0.05) is 29.3 Å². The first-order valence-electron chi connectivity index (χ1n) is 6.47. The molecule has 4 heteroatoms. The largest absolute Gasteiger partial charge is 0.311 e. The minimum Gasteiger partial charge on any atom is -0.311 e. The Balaban J connectivity index is 1.94. The van der Waals surface area contributed by atoms with E-state index >= 15 is 0 Å². The Bertz CT molecular complexity index is 409. The number of piperazine rings is 1. The highest BCUT2D eigenvalue weighted by Crippen LogP contribution is 2.22. The zero-order valence-corrected chi connectivity index (χ0v) is 12.4. The van der Waals surface area contributed by atoms with E-state index in [0.29, 0.717) is 17.1 Å². The van der Waals surface area contributed by atoms with Crippen LogP contribution in [0.2, 0.25) is 10.0 Å². The quantitative estimate of drug-likeness (QED) is 0.918. The number of benzene rings is 1. The van der Waals surface area contributed by atoms with Gasteiger partial charge in [0.25, 0.3) is 0 Å². The molecular formula is C14H20Cl2N2. The molecule has 0 amide bonds. The summed E-state index contributed by atoms with van der Waals surface area (Å²) >= 11 is 12.1. The third-order valence-corrected chi connectivity index (χ3v) is 4.16. The zero-order chi connectivity index (χ0) is 13.1. The van der Waals surface area contributed by atoms with E-state index in [0.717, 1.165) is 31.1 Å². The molecule has 2 rings (SSSR count). The topological polar surface area (TPSA) is 15.3 Å². The van der Waals surface area contributed by atoms with Crippen LogP contribution in [-0.2, 0) is 6.42 Å². The first-order valence-corrected chi connectivity index (χ1v) is 7.23. The summed E-state index contributed by atoms with van der Waals surface area (Å²) in [4.78, 5) is 2.52. The molecule has 2 unspecified atom stereocenters. The van der Waals surface area contributed by atoms with Crippen LogP contribution < -0.4 is 5.32 Å². The van der Waals surface area contributed by atoms with Gasteiger partial charge < -0.3 is 5.32 Å². The highest BCUT2D eigenvalue weighted by atomic mass is 35.5. The van der Waals surface area contributed by atoms with Gasteiger partial charge in [0.2, 0.25) is 0 Å². The molecule has 0 saturated carbocycles. The van der Waals surface area contributed by atoms with Crippen molar-refractivity contribution in [1.29, 1.82) is 0 Å². The molecule has 18 heavy (non-hydrogen) atoms. The molecule has 1 fully saturated rings. The lowest BCUT2D eigenvalue weighted by Crippen LogP contribution is -2.54. The molecule has 1 heterocycles. The van der Waals surface area contributed by atoms with Crippen LogP contribution in [0.15, 0.2) is 18.2 Å². The molecule has 1 N–H and O–H groups in total. The van der Waals surface area contributed by atoms with Gasteiger partial charge in [-0.25, -0.2) is 0 Å². The van der Waals surface area contributed by atoms with Gasteiger partial charge in [0.15, 0.2) is 0 Å². The molecule has 1 saturated heterocycles. The number of nitrogens with one attached hydrogen (secondary N) is 1. The minimum atomic E-state index is 0.571. The van der Waals surface area contributed by atoms with Crippen LogP contribution in [0.1, 0.15) is 19.4 Å². The average molecular weight is 287 g/mol. The first kappa shape index (κ1) is 14.1. The predicted octanol–water partition coefficient (Wildman–Crippen LogP) is 3.22. The maximum atomic E-state index is 6.20. The lowest BCUT2D eigenvalue weighted by Gasteiger charge is -2.37. The van der Waals surface area contributed by atoms with Crippen molar-refractivity contribution in [3.63, 3.8) is 0 Å². The lowest BCUT2D eigenvalue weighted by molar-refractivity contribution is 0.148. The predicted molar refractivity (Wildman–Crippen MR) is 78.7 cm³/mol. The molecule has 2 nitrogen and oxygen atoms in total. The molecular weight excluding hydrogens is 267 g/mol. The van der Waals surface area contributed by atoms with Crippen LogP contribution in [0.25, 0.3) is 0 Å². The van der Waals surface area contributed by atoms with Crippen LogP contribution in [0.4, 0.5) is 0 Å². The van der Waals surface area contributed by atoms with E-state index in [-0.39, 0.29) is 0 Å². The fraction of sp³-hybridized carbons (Fsp3) is 0.571. The van der Waals surface area contributed by atoms with Gasteiger partial charge in [-0.2, -0.15) is 0 Å². The van der Waals surface area contributed by atoms with Gasteiger partial charge in [0.05, 0.1) is 0 Å². The second-order valence-corrected chi connectivity index (χ2v) is 5.98. The summed E-state index contributed by atoms with van der Waals surface area (Å²) in [5, 5.41) is 4.97. The molecule has 0 bridgehead atoms. The van der Waals surface area contributed by atoms with E-state index in [1.807, 2.05) is 18.2 Å². The van der Waals surface area contributed by atoms with E-state index in [2.05, 4.69) is 24.1 Å². The summed E-state index contributed by atoms with van der Waals surface area (Å²) in [6, 6.07) is 6.92. The Kier molecular flexibility index (Phi) is 4.91. The van der Waals surface area contributed by atoms with E-state index in [1.165, 1.54) is 5.56 Å². The van der Waals surface area contributed by atoms with Gasteiger partial charge in [-0.3, -0.25) is 4.90 Å². The van der Waals surface area contributed by atoms with Gasteiger partial charge in [0.1, 0.15) is 0 Å². The molecule has 0 radical (unpaired) electrons. The number of nitrogens with zero attached hydrogens (tertiary/aromatic N) is 1. The summed E-state index contributed by atoms with van der Waals surface area (Å²) < 4.78 is 0. The molecule has 1 aliphatic heterocycles. The molecule has 1 aromatic carbocycles. The SMILES string of the molecule is CC1CN(CCc2ccc(Cl)cc2Cl)C(C)CN1. The second-order valence-electron chi connectivity index (χ2n) is 5.14. The fourth-order valence-electron chi connectivity index (χ4n) is 2.40. The number of rotatable bonds is 3. The summed E-state index contributed by atoms with van der Waals surface area (Å²) in [6.07, 6.45) is 0.979. The normalized spacial score (nSPS) is 25.3. The van der Waals surface area contributed by atoms with Crippen LogP contribution in [0, 0.1) is 0 Å². The van der Waals surface area contributed by atoms with E-state index in [9.17, 15) is 0 Å². The molecule has 1 aliphatic rings. The molecule has 100 valence electrons. The molecule has 0 aliphatic carbocycles. The van der Waals surface area contributed by atoms with E-state index < -0.39 is 0 Å². The number of halogens is 2. The molecule has 0 spiro atoms. The maximum Gasteiger partial charge on any atom is 0.0453 e. The van der Waals surface area contributed by atoms with Gasteiger partial charge >= 0.3 is 0 Å². The van der Waals surface area contributed by atoms with E-state index in [1.54, 1.807) is 0 Å². The maximum absolute atomic E-state index is 6.20. The molecule has 2 atom stereocenters. The van der Waals surface area contributed by atoms with Crippen molar-refractivity contribution in [1.82, 2.24) is 10.2 Å². The Morgan fingerprint density at radius 1 is 1.33 bits per heavy atom. The minimum absolute atomic E-state index is 0.571. The standard InChI is InChI=1S/C14H20Cl2N2/c1-10-9-18(11(2)8-17-10)6-5-12-3-4-13(15)7-14(12)16/h3-4,7,10-11,17H,5-6,8-9H2,1-2H3. The first-order chi connectivity index (χ1) is 8.56. The highest BCUT2D eigenvalue weighted by Gasteiger charge is 2.21. The van der Waals surface area contributed by atoms with Crippen molar-refractivity contribution in [2.24, 2.45) is 0 Å². The summed E-state index contributed by atoms with van der Waals surface area (Å²) in [5.41, 5.74) is 1.18. The Hall–Kier alpha value is -0.280. The molecule has 0 aromatic heterocycles. The monoisotopic (exact) mass is 286 g/mol. The third kappa shape index (κ3) is 3.61. The van der Waals surface area contributed by atoms with Crippen molar-refractivity contribution in [3.8, 4) is 0 Å². The number of hydrogen-bond acceptors (Lipinski definition) is 2. The van der Waals surface area contributed by atoms with Crippen molar-refractivity contribution in [2.75, 3.05) is 19.6 Å². The van der Waals surface area contributed by atoms with E-state index in [4.69, 9.17) is 23.2 Å². The fourth-order valence-corrected chi connectivity index (χ4v) is 2.90. The third-order valence-electron chi connectivity index (χ3n) is 3.58. The lowest BCUT2D eigenvalue weighted by atomic mass is 10.1. The van der Waals surface area contributed by atoms with Crippen LogP contribution in [-0.4, -0.2) is 36.6 Å². The summed E-state index contributed by atoms with van der Waals surface area (Å²) in [7, 11) is 0. The van der Waals surface area contributed by atoms with Crippen LogP contribution in [0.3, 0.4) is 0 Å². The summed E-state index contributed by atoms with van der Waals surface area (Å²) in [6.45, 7) is 7.72. The van der Waals surface area contributed by atoms with Crippen LogP contribution >= 0.6 is 23.2 Å². The van der Waals surface area contributed by atoms with Gasteiger partial charge in [0, 0.05) is 41.8 Å². The Labute approximate surface area is 119 Å². The Morgan fingerprint density at radius 3 is 2.83 bits per heavy atom. The smallest absolute Gasteiger partial charge is 0.0453 e. The van der Waals surface area contributed by atoms with Crippen LogP contribution in [0.5, 0.6) is 0 Å². The summed E-state index contributed by atoms with van der Waals surface area (Å²) in [5.74, 6) is 0. The number of hydrogen-bond donors (Lipinski definition) is 1. The van der Waals surface area contributed by atoms with Crippen molar-refractivity contribution < 1.29 is 0 Å². The van der Waals surface area contributed by atoms with Crippen molar-refractivity contribution in [3.05, 3.63) is 33.8 Å². The van der Waals surface area contributed by atoms with Crippen molar-refractivity contribution in [2.45, 2.75) is 32.4 Å². The van der Waals surface area contributed by atoms with Gasteiger partial charge in [-0.05, 0) is 38.0 Å². The van der Waals surface area contributed by atoms with Gasteiger partial charge in [-0.15, -0.1) is 0 Å².